The van der Waals surface area contributed by atoms with E-state index in [2.05, 4.69) is 5.32 Å². The SMILES string of the molecule is Cc1cc(C(C)N2CCNCC(C(F)(F)F)C2)c(C)o1. The van der Waals surface area contributed by atoms with Gasteiger partial charge in [0.15, 0.2) is 0 Å². The minimum absolute atomic E-state index is 0.00385. The normalized spacial score (nSPS) is 23.6. The van der Waals surface area contributed by atoms with Crippen LogP contribution in [0.4, 0.5) is 13.2 Å². The smallest absolute Gasteiger partial charge is 0.394 e. The lowest BCUT2D eigenvalue weighted by molar-refractivity contribution is -0.176. The first-order chi connectivity index (χ1) is 9.29. The minimum Gasteiger partial charge on any atom is -0.466 e. The van der Waals surface area contributed by atoms with Crippen LogP contribution in [0.3, 0.4) is 0 Å². The van der Waals surface area contributed by atoms with Crippen LogP contribution in [0.2, 0.25) is 0 Å². The monoisotopic (exact) mass is 290 g/mol. The molecule has 0 radical (unpaired) electrons. The summed E-state index contributed by atoms with van der Waals surface area (Å²) < 4.78 is 44.4. The predicted molar refractivity (Wildman–Crippen MR) is 70.6 cm³/mol. The Morgan fingerprint density at radius 3 is 2.65 bits per heavy atom. The van der Waals surface area contributed by atoms with Gasteiger partial charge in [0.1, 0.15) is 11.5 Å². The molecule has 1 N–H and O–H groups in total. The molecule has 2 atom stereocenters. The van der Waals surface area contributed by atoms with Crippen LogP contribution in [-0.4, -0.2) is 37.3 Å². The van der Waals surface area contributed by atoms with Gasteiger partial charge in [-0.05, 0) is 26.8 Å². The van der Waals surface area contributed by atoms with E-state index in [4.69, 9.17) is 4.42 Å². The summed E-state index contributed by atoms with van der Waals surface area (Å²) >= 11 is 0. The van der Waals surface area contributed by atoms with Crippen molar-refractivity contribution in [2.24, 2.45) is 5.92 Å². The minimum atomic E-state index is -4.16. The Kier molecular flexibility index (Phi) is 4.44. The van der Waals surface area contributed by atoms with Gasteiger partial charge in [-0.2, -0.15) is 13.2 Å². The van der Waals surface area contributed by atoms with E-state index >= 15 is 0 Å². The first-order valence-corrected chi connectivity index (χ1v) is 6.87. The van der Waals surface area contributed by atoms with Crippen molar-refractivity contribution in [1.82, 2.24) is 10.2 Å². The van der Waals surface area contributed by atoms with Crippen LogP contribution in [-0.2, 0) is 0 Å². The first kappa shape index (κ1) is 15.4. The predicted octanol–water partition coefficient (Wildman–Crippen LogP) is 3.04. The van der Waals surface area contributed by atoms with Crippen LogP contribution in [0.25, 0.3) is 0 Å². The number of halogens is 3. The average molecular weight is 290 g/mol. The summed E-state index contributed by atoms with van der Waals surface area (Å²) in [5.41, 5.74) is 0.977. The Labute approximate surface area is 117 Å². The van der Waals surface area contributed by atoms with E-state index in [1.165, 1.54) is 0 Å². The zero-order chi connectivity index (χ0) is 14.9. The molecule has 1 aliphatic heterocycles. The van der Waals surface area contributed by atoms with Gasteiger partial charge >= 0.3 is 6.18 Å². The molecule has 0 spiro atoms. The summed E-state index contributed by atoms with van der Waals surface area (Å²) in [6.45, 7) is 6.86. The molecule has 20 heavy (non-hydrogen) atoms. The molecule has 1 fully saturated rings. The third kappa shape index (κ3) is 3.35. The maximum atomic E-state index is 13.0. The molecule has 1 aromatic heterocycles. The van der Waals surface area contributed by atoms with Crippen LogP contribution in [0.15, 0.2) is 10.5 Å². The molecule has 1 aromatic rings. The van der Waals surface area contributed by atoms with Crippen molar-refractivity contribution in [2.45, 2.75) is 33.0 Å². The van der Waals surface area contributed by atoms with Crippen molar-refractivity contribution in [2.75, 3.05) is 26.2 Å². The highest BCUT2D eigenvalue weighted by atomic mass is 19.4. The molecule has 0 aromatic carbocycles. The molecule has 2 heterocycles. The van der Waals surface area contributed by atoms with Gasteiger partial charge in [-0.3, -0.25) is 4.90 Å². The van der Waals surface area contributed by atoms with Crippen molar-refractivity contribution in [3.8, 4) is 0 Å². The molecule has 0 aliphatic carbocycles. The van der Waals surface area contributed by atoms with Gasteiger partial charge in [0.05, 0.1) is 5.92 Å². The fourth-order valence-corrected chi connectivity index (χ4v) is 2.77. The lowest BCUT2D eigenvalue weighted by atomic mass is 10.0. The van der Waals surface area contributed by atoms with Crippen molar-refractivity contribution >= 4 is 0 Å². The third-order valence-electron chi connectivity index (χ3n) is 3.96. The fourth-order valence-electron chi connectivity index (χ4n) is 2.77. The zero-order valence-corrected chi connectivity index (χ0v) is 12.0. The molecule has 114 valence electrons. The van der Waals surface area contributed by atoms with Gasteiger partial charge in [0.25, 0.3) is 0 Å². The molecule has 6 heteroatoms. The van der Waals surface area contributed by atoms with Crippen LogP contribution < -0.4 is 5.32 Å². The van der Waals surface area contributed by atoms with Gasteiger partial charge in [0.2, 0.25) is 0 Å². The van der Waals surface area contributed by atoms with Crippen molar-refractivity contribution in [3.63, 3.8) is 0 Å². The highest BCUT2D eigenvalue weighted by Gasteiger charge is 2.41. The van der Waals surface area contributed by atoms with Crippen LogP contribution in [0.1, 0.15) is 30.0 Å². The van der Waals surface area contributed by atoms with Gasteiger partial charge in [0, 0.05) is 37.8 Å². The topological polar surface area (TPSA) is 28.4 Å². The molecule has 1 aliphatic rings. The Hall–Kier alpha value is -1.01. The molecular weight excluding hydrogens is 269 g/mol. The summed E-state index contributed by atoms with van der Waals surface area (Å²) in [6.07, 6.45) is -4.16. The number of nitrogens with zero attached hydrogens (tertiary/aromatic N) is 1. The highest BCUT2D eigenvalue weighted by Crippen LogP contribution is 2.32. The quantitative estimate of drug-likeness (QED) is 0.907. The van der Waals surface area contributed by atoms with E-state index in [0.717, 1.165) is 17.1 Å². The number of hydrogen-bond donors (Lipinski definition) is 1. The number of nitrogens with one attached hydrogen (secondary N) is 1. The fraction of sp³-hybridized carbons (Fsp3) is 0.714. The molecule has 3 nitrogen and oxygen atoms in total. The van der Waals surface area contributed by atoms with E-state index in [1.54, 1.807) is 0 Å². The van der Waals surface area contributed by atoms with Gasteiger partial charge in [-0.25, -0.2) is 0 Å². The molecule has 2 rings (SSSR count). The standard InChI is InChI=1S/C14H21F3N2O/c1-9-6-13(11(3)20-9)10(2)19-5-4-18-7-12(8-19)14(15,16)17/h6,10,12,18H,4-5,7-8H2,1-3H3. The van der Waals surface area contributed by atoms with E-state index < -0.39 is 12.1 Å². The second-order valence-electron chi connectivity index (χ2n) is 5.48. The van der Waals surface area contributed by atoms with E-state index in [1.807, 2.05) is 31.7 Å². The molecule has 2 unspecified atom stereocenters. The summed E-state index contributed by atoms with van der Waals surface area (Å²) in [5, 5.41) is 2.87. The summed E-state index contributed by atoms with van der Waals surface area (Å²) in [5.74, 6) is 0.265. The molecule has 0 bridgehead atoms. The zero-order valence-electron chi connectivity index (χ0n) is 12.0. The Morgan fingerprint density at radius 1 is 1.40 bits per heavy atom. The number of rotatable bonds is 2. The molecule has 1 saturated heterocycles. The Balaban J connectivity index is 2.16. The third-order valence-corrected chi connectivity index (χ3v) is 3.96. The Bertz CT molecular complexity index is 456. The van der Waals surface area contributed by atoms with Gasteiger partial charge in [-0.1, -0.05) is 0 Å². The Morgan fingerprint density at radius 2 is 2.10 bits per heavy atom. The number of furan rings is 1. The molecular formula is C14H21F3N2O. The lowest BCUT2D eigenvalue weighted by Gasteiger charge is -2.30. The summed E-state index contributed by atoms with van der Waals surface area (Å²) in [7, 11) is 0. The largest absolute Gasteiger partial charge is 0.466 e. The second kappa shape index (κ2) is 5.77. The van der Waals surface area contributed by atoms with Crippen LogP contribution in [0.5, 0.6) is 0 Å². The van der Waals surface area contributed by atoms with Crippen molar-refractivity contribution < 1.29 is 17.6 Å². The average Bonchev–Trinajstić information content (AvgIpc) is 2.56. The maximum Gasteiger partial charge on any atom is 0.394 e. The number of hydrogen-bond acceptors (Lipinski definition) is 3. The maximum absolute atomic E-state index is 13.0. The van der Waals surface area contributed by atoms with Crippen molar-refractivity contribution in [1.29, 1.82) is 0 Å². The van der Waals surface area contributed by atoms with Crippen LogP contribution in [0, 0.1) is 19.8 Å². The van der Waals surface area contributed by atoms with Gasteiger partial charge < -0.3 is 9.73 Å². The molecule has 0 amide bonds. The summed E-state index contributed by atoms with van der Waals surface area (Å²) in [4.78, 5) is 1.88. The van der Waals surface area contributed by atoms with E-state index in [9.17, 15) is 13.2 Å². The second-order valence-corrected chi connectivity index (χ2v) is 5.48. The molecule has 0 saturated carbocycles. The van der Waals surface area contributed by atoms with E-state index in [-0.39, 0.29) is 19.1 Å². The van der Waals surface area contributed by atoms with Crippen LogP contribution >= 0.6 is 0 Å². The van der Waals surface area contributed by atoms with E-state index in [0.29, 0.717) is 13.1 Å². The van der Waals surface area contributed by atoms with Gasteiger partial charge in [-0.15, -0.1) is 0 Å². The first-order valence-electron chi connectivity index (χ1n) is 6.87. The highest BCUT2D eigenvalue weighted by molar-refractivity contribution is 5.23. The number of alkyl halides is 3. The lowest BCUT2D eigenvalue weighted by Crippen LogP contribution is -2.39. The summed E-state index contributed by atoms with van der Waals surface area (Å²) in [6, 6.07) is 1.85. The number of aryl methyl sites for hydroxylation is 2. The van der Waals surface area contributed by atoms with Crippen molar-refractivity contribution in [3.05, 3.63) is 23.2 Å².